The summed E-state index contributed by atoms with van der Waals surface area (Å²) in [5.41, 5.74) is 1.11. The number of hydrogen-bond acceptors (Lipinski definition) is 3. The second-order valence-corrected chi connectivity index (χ2v) is 19.2. The topological polar surface area (TPSA) is 67.4 Å². The lowest BCUT2D eigenvalue weighted by Gasteiger charge is -2.14. The van der Waals surface area contributed by atoms with E-state index in [2.05, 4.69) is 31.4 Å². The zero-order valence-corrected chi connectivity index (χ0v) is 42.0. The van der Waals surface area contributed by atoms with Crippen LogP contribution in [0.15, 0.2) is 18.2 Å². The molecule has 0 radical (unpaired) electrons. The van der Waals surface area contributed by atoms with Crippen molar-refractivity contribution in [1.29, 1.82) is 0 Å². The summed E-state index contributed by atoms with van der Waals surface area (Å²) < 4.78 is 6.25. The highest BCUT2D eigenvalue weighted by atomic mass is 16.5. The second-order valence-electron chi connectivity index (χ2n) is 19.2. The van der Waals surface area contributed by atoms with Gasteiger partial charge in [-0.05, 0) is 37.5 Å². The number of rotatable bonds is 49. The van der Waals surface area contributed by atoms with Gasteiger partial charge in [-0.25, -0.2) is 0 Å². The molecule has 0 unspecified atom stereocenters. The van der Waals surface area contributed by atoms with Gasteiger partial charge in [0.05, 0.1) is 12.2 Å². The quantitative estimate of drug-likeness (QED) is 0.0641. The van der Waals surface area contributed by atoms with Crippen molar-refractivity contribution in [3.8, 4) is 5.75 Å². The predicted octanol–water partition coefficient (Wildman–Crippen LogP) is 18.4. The third-order valence-corrected chi connectivity index (χ3v) is 13.1. The first-order chi connectivity index (χ1) is 30.6. The Hall–Kier alpha value is -2.04. The highest BCUT2D eigenvalue weighted by molar-refractivity contribution is 6.00. The van der Waals surface area contributed by atoms with Crippen molar-refractivity contribution in [2.45, 2.75) is 297 Å². The van der Waals surface area contributed by atoms with Crippen molar-refractivity contribution in [2.24, 2.45) is 0 Å². The number of carbonyl (C=O) groups is 2. The molecule has 0 bridgehead atoms. The minimum absolute atomic E-state index is 0.0788. The molecule has 1 rings (SSSR count). The number of benzene rings is 1. The average molecular weight is 867 g/mol. The Morgan fingerprint density at radius 1 is 0.355 bits per heavy atom. The van der Waals surface area contributed by atoms with E-state index in [4.69, 9.17) is 4.74 Å². The third kappa shape index (κ3) is 37.3. The van der Waals surface area contributed by atoms with Crippen LogP contribution in [-0.4, -0.2) is 31.5 Å². The van der Waals surface area contributed by atoms with E-state index in [-0.39, 0.29) is 11.8 Å². The molecule has 5 heteroatoms. The lowest BCUT2D eigenvalue weighted by atomic mass is 10.0. The van der Waals surface area contributed by atoms with E-state index >= 15 is 0 Å². The number of ether oxygens (including phenoxy) is 1. The van der Waals surface area contributed by atoms with Gasteiger partial charge < -0.3 is 15.4 Å². The van der Waals surface area contributed by atoms with Crippen molar-refractivity contribution in [3.05, 3.63) is 29.3 Å². The molecule has 0 aliphatic rings. The summed E-state index contributed by atoms with van der Waals surface area (Å²) in [7, 11) is 0. The highest BCUT2D eigenvalue weighted by Gasteiger charge is 2.16. The SMILES string of the molecule is CCCCCCCCCCCCCCCCCCCNC(=O)c1ccc(C(=O)NCCCCCCCCCCCCCCCCCCC)c(OCCCCCCCCCCC)c1. The lowest BCUT2D eigenvalue weighted by Crippen LogP contribution is -2.26. The molecule has 2 N–H and O–H groups in total. The van der Waals surface area contributed by atoms with E-state index in [0.29, 0.717) is 36.6 Å². The van der Waals surface area contributed by atoms with Crippen LogP contribution in [0.5, 0.6) is 5.75 Å². The Bertz CT molecular complexity index is 1110. The van der Waals surface area contributed by atoms with Gasteiger partial charge in [0.25, 0.3) is 11.8 Å². The van der Waals surface area contributed by atoms with Crippen molar-refractivity contribution >= 4 is 11.8 Å². The molecule has 0 fully saturated rings. The molecule has 0 atom stereocenters. The molecule has 1 aromatic carbocycles. The average Bonchev–Trinajstić information content (AvgIpc) is 3.28. The number of hydrogen-bond donors (Lipinski definition) is 2. The smallest absolute Gasteiger partial charge is 0.255 e. The van der Waals surface area contributed by atoms with Crippen molar-refractivity contribution in [3.63, 3.8) is 0 Å². The van der Waals surface area contributed by atoms with Crippen LogP contribution >= 0.6 is 0 Å². The van der Waals surface area contributed by atoms with Gasteiger partial charge in [-0.1, -0.05) is 278 Å². The number of unbranched alkanes of at least 4 members (excludes halogenated alkanes) is 40. The van der Waals surface area contributed by atoms with E-state index in [1.165, 1.54) is 238 Å². The molecule has 0 aliphatic heterocycles. The summed E-state index contributed by atoms with van der Waals surface area (Å²) in [5.74, 6) is 0.360. The summed E-state index contributed by atoms with van der Waals surface area (Å²) in [6, 6.07) is 5.38. The number of carbonyl (C=O) groups excluding carboxylic acids is 2. The fourth-order valence-corrected chi connectivity index (χ4v) is 8.87. The van der Waals surface area contributed by atoms with Crippen LogP contribution in [0.3, 0.4) is 0 Å². The Balaban J connectivity index is 2.32. The Morgan fingerprint density at radius 3 is 0.952 bits per heavy atom. The van der Waals surface area contributed by atoms with Crippen molar-refractivity contribution < 1.29 is 14.3 Å². The largest absolute Gasteiger partial charge is 0.493 e. The van der Waals surface area contributed by atoms with Crippen LogP contribution in [0.2, 0.25) is 0 Å². The maximum atomic E-state index is 13.4. The molecule has 1 aromatic rings. The van der Waals surface area contributed by atoms with E-state index in [1.807, 2.05) is 0 Å². The van der Waals surface area contributed by atoms with E-state index in [1.54, 1.807) is 18.2 Å². The van der Waals surface area contributed by atoms with Gasteiger partial charge in [0.15, 0.2) is 0 Å². The fraction of sp³-hybridized carbons (Fsp3) is 0.860. The van der Waals surface area contributed by atoms with E-state index in [0.717, 1.165) is 38.5 Å². The molecule has 362 valence electrons. The van der Waals surface area contributed by atoms with Gasteiger partial charge in [0.2, 0.25) is 0 Å². The van der Waals surface area contributed by atoms with Crippen LogP contribution in [0.4, 0.5) is 0 Å². The standard InChI is InChI=1S/C57H106N2O3/c1-4-7-10-13-16-19-21-23-25-27-29-31-33-35-38-41-44-49-58-56(60)53-47-48-54(55(52-53)62-51-46-43-40-37-18-15-12-9-6-3)57(61)59-50-45-42-39-36-34-32-30-28-26-24-22-20-17-14-11-8-5-2/h47-48,52H,4-46,49-51H2,1-3H3,(H,58,60)(H,59,61). The van der Waals surface area contributed by atoms with E-state index < -0.39 is 0 Å². The molecule has 0 spiro atoms. The van der Waals surface area contributed by atoms with Crippen LogP contribution in [0, 0.1) is 0 Å². The van der Waals surface area contributed by atoms with Crippen molar-refractivity contribution in [2.75, 3.05) is 19.7 Å². The summed E-state index contributed by atoms with van der Waals surface area (Å²) >= 11 is 0. The Kier molecular flexibility index (Phi) is 43.9. The molecule has 0 heterocycles. The summed E-state index contributed by atoms with van der Waals surface area (Å²) in [4.78, 5) is 26.5. The molecule has 0 saturated carbocycles. The molecular formula is C57H106N2O3. The first-order valence-electron chi connectivity index (χ1n) is 28.0. The van der Waals surface area contributed by atoms with Gasteiger partial charge >= 0.3 is 0 Å². The molecule has 0 saturated heterocycles. The minimum Gasteiger partial charge on any atom is -0.493 e. The fourth-order valence-electron chi connectivity index (χ4n) is 8.87. The molecule has 0 aromatic heterocycles. The highest BCUT2D eigenvalue weighted by Crippen LogP contribution is 2.23. The monoisotopic (exact) mass is 867 g/mol. The van der Waals surface area contributed by atoms with Crippen LogP contribution in [-0.2, 0) is 0 Å². The molecule has 2 amide bonds. The maximum absolute atomic E-state index is 13.4. The predicted molar refractivity (Wildman–Crippen MR) is 272 cm³/mol. The van der Waals surface area contributed by atoms with Gasteiger partial charge in [0, 0.05) is 18.7 Å². The van der Waals surface area contributed by atoms with Gasteiger partial charge in [-0.15, -0.1) is 0 Å². The van der Waals surface area contributed by atoms with Crippen LogP contribution < -0.4 is 15.4 Å². The molecular weight excluding hydrogens is 761 g/mol. The van der Waals surface area contributed by atoms with E-state index in [9.17, 15) is 9.59 Å². The number of amides is 2. The zero-order chi connectivity index (χ0) is 44.7. The third-order valence-electron chi connectivity index (χ3n) is 13.1. The van der Waals surface area contributed by atoms with Crippen molar-refractivity contribution in [1.82, 2.24) is 10.6 Å². The molecule has 0 aliphatic carbocycles. The van der Waals surface area contributed by atoms with Gasteiger partial charge in [-0.2, -0.15) is 0 Å². The number of nitrogens with one attached hydrogen (secondary N) is 2. The van der Waals surface area contributed by atoms with Gasteiger partial charge in [0.1, 0.15) is 5.75 Å². The minimum atomic E-state index is -0.0981. The summed E-state index contributed by atoms with van der Waals surface area (Å²) in [6.07, 6.45) is 57.1. The lowest BCUT2D eigenvalue weighted by molar-refractivity contribution is 0.0937. The molecule has 5 nitrogen and oxygen atoms in total. The molecule has 62 heavy (non-hydrogen) atoms. The summed E-state index contributed by atoms with van der Waals surface area (Å²) in [5, 5.41) is 6.28. The van der Waals surface area contributed by atoms with Gasteiger partial charge in [-0.3, -0.25) is 9.59 Å². The normalized spacial score (nSPS) is 11.3. The van der Waals surface area contributed by atoms with Crippen LogP contribution in [0.25, 0.3) is 0 Å². The Morgan fingerprint density at radius 2 is 0.629 bits per heavy atom. The van der Waals surface area contributed by atoms with Crippen LogP contribution in [0.1, 0.15) is 318 Å². The first kappa shape index (κ1) is 58.0. The Labute approximate surface area is 387 Å². The summed E-state index contributed by atoms with van der Waals surface area (Å²) in [6.45, 7) is 8.78. The first-order valence-corrected chi connectivity index (χ1v) is 28.0. The maximum Gasteiger partial charge on any atom is 0.255 e. The second kappa shape index (κ2) is 46.9. The zero-order valence-electron chi connectivity index (χ0n) is 42.0.